The average molecular weight is 225 g/mol. The lowest BCUT2D eigenvalue weighted by Gasteiger charge is -2.24. The molecule has 0 saturated carbocycles. The van der Waals surface area contributed by atoms with E-state index >= 15 is 0 Å². The second-order valence-corrected chi connectivity index (χ2v) is 3.81. The number of carbonyl (C=O) groups excluding carboxylic acids is 1. The van der Waals surface area contributed by atoms with Crippen molar-refractivity contribution in [2.24, 2.45) is 0 Å². The van der Waals surface area contributed by atoms with Gasteiger partial charge in [-0.15, -0.1) is 0 Å². The topological polar surface area (TPSA) is 70.8 Å². The van der Waals surface area contributed by atoms with E-state index in [1.54, 1.807) is 26.8 Å². The summed E-state index contributed by atoms with van der Waals surface area (Å²) < 4.78 is 5.03. The van der Waals surface area contributed by atoms with Crippen molar-refractivity contribution in [3.05, 3.63) is 23.7 Å². The number of hydrogen-bond acceptors (Lipinski definition) is 3. The number of carboxylic acid groups (broad SMARTS) is 1. The van der Waals surface area contributed by atoms with Gasteiger partial charge in [-0.2, -0.15) is 0 Å². The van der Waals surface area contributed by atoms with Crippen molar-refractivity contribution >= 4 is 11.9 Å². The first-order valence-corrected chi connectivity index (χ1v) is 5.00. The minimum absolute atomic E-state index is 0.169. The molecule has 5 heteroatoms. The number of carbonyl (C=O) groups is 2. The van der Waals surface area contributed by atoms with Gasteiger partial charge >= 0.3 is 5.97 Å². The Morgan fingerprint density at radius 2 is 2.12 bits per heavy atom. The van der Waals surface area contributed by atoms with E-state index < -0.39 is 5.97 Å². The monoisotopic (exact) mass is 225 g/mol. The highest BCUT2D eigenvalue weighted by Gasteiger charge is 2.23. The van der Waals surface area contributed by atoms with Crippen LogP contribution in [0.2, 0.25) is 0 Å². The van der Waals surface area contributed by atoms with Crippen LogP contribution >= 0.6 is 0 Å². The van der Waals surface area contributed by atoms with Gasteiger partial charge in [-0.25, -0.2) is 0 Å². The van der Waals surface area contributed by atoms with Gasteiger partial charge in [0.05, 0.1) is 11.8 Å². The molecule has 1 heterocycles. The van der Waals surface area contributed by atoms with Crippen LogP contribution in [-0.4, -0.2) is 34.5 Å². The van der Waals surface area contributed by atoms with E-state index in [-0.39, 0.29) is 18.5 Å². The fourth-order valence-corrected chi connectivity index (χ4v) is 1.40. The zero-order chi connectivity index (χ0) is 12.3. The lowest BCUT2D eigenvalue weighted by atomic mass is 10.2. The summed E-state index contributed by atoms with van der Waals surface area (Å²) in [4.78, 5) is 24.0. The van der Waals surface area contributed by atoms with Crippen molar-refractivity contribution in [2.75, 3.05) is 6.54 Å². The zero-order valence-corrected chi connectivity index (χ0v) is 9.56. The number of rotatable bonds is 4. The molecular weight excluding hydrogens is 210 g/mol. The molecule has 88 valence electrons. The van der Waals surface area contributed by atoms with Gasteiger partial charge in [-0.1, -0.05) is 0 Å². The molecule has 1 rings (SSSR count). The molecule has 0 aliphatic carbocycles. The van der Waals surface area contributed by atoms with Gasteiger partial charge in [0, 0.05) is 6.04 Å². The quantitative estimate of drug-likeness (QED) is 0.843. The van der Waals surface area contributed by atoms with E-state index in [1.165, 1.54) is 11.2 Å². The third-order valence-electron chi connectivity index (χ3n) is 2.28. The van der Waals surface area contributed by atoms with Crippen molar-refractivity contribution in [1.29, 1.82) is 0 Å². The molecule has 1 amide bonds. The highest BCUT2D eigenvalue weighted by atomic mass is 16.4. The zero-order valence-electron chi connectivity index (χ0n) is 9.56. The van der Waals surface area contributed by atoms with Crippen LogP contribution in [0.5, 0.6) is 0 Å². The standard InChI is InChI=1S/C11H15NO4/c1-7(2)12(6-10(13)14)11(15)9-4-5-16-8(9)3/h4-5,7H,6H2,1-3H3,(H,13,14). The molecule has 1 aromatic rings. The van der Waals surface area contributed by atoms with E-state index in [2.05, 4.69) is 0 Å². The highest BCUT2D eigenvalue weighted by Crippen LogP contribution is 2.13. The maximum atomic E-state index is 12.0. The minimum atomic E-state index is -1.02. The molecule has 5 nitrogen and oxygen atoms in total. The van der Waals surface area contributed by atoms with Crippen LogP contribution in [0.1, 0.15) is 30.0 Å². The fourth-order valence-electron chi connectivity index (χ4n) is 1.40. The van der Waals surface area contributed by atoms with Crippen LogP contribution in [0.4, 0.5) is 0 Å². The smallest absolute Gasteiger partial charge is 0.323 e. The molecule has 0 unspecified atom stereocenters. The van der Waals surface area contributed by atoms with Gasteiger partial charge in [0.2, 0.25) is 0 Å². The molecule has 0 aromatic carbocycles. The van der Waals surface area contributed by atoms with E-state index in [0.717, 1.165) is 0 Å². The van der Waals surface area contributed by atoms with Gasteiger partial charge in [0.1, 0.15) is 12.3 Å². The second kappa shape index (κ2) is 4.83. The van der Waals surface area contributed by atoms with Gasteiger partial charge in [0.15, 0.2) is 0 Å². The molecule has 0 spiro atoms. The van der Waals surface area contributed by atoms with Gasteiger partial charge in [0.25, 0.3) is 5.91 Å². The summed E-state index contributed by atoms with van der Waals surface area (Å²) in [7, 11) is 0. The molecule has 1 aromatic heterocycles. The van der Waals surface area contributed by atoms with Gasteiger partial charge < -0.3 is 14.4 Å². The predicted molar refractivity (Wildman–Crippen MR) is 57.3 cm³/mol. The Balaban J connectivity index is 2.92. The second-order valence-electron chi connectivity index (χ2n) is 3.81. The predicted octanol–water partition coefficient (Wildman–Crippen LogP) is 1.52. The summed E-state index contributed by atoms with van der Waals surface area (Å²) in [6.07, 6.45) is 1.42. The maximum Gasteiger partial charge on any atom is 0.323 e. The first kappa shape index (κ1) is 12.3. The minimum Gasteiger partial charge on any atom is -0.480 e. The van der Waals surface area contributed by atoms with Gasteiger partial charge in [-0.05, 0) is 26.8 Å². The Bertz CT molecular complexity index is 394. The molecule has 16 heavy (non-hydrogen) atoms. The molecular formula is C11H15NO4. The fraction of sp³-hybridized carbons (Fsp3) is 0.455. The van der Waals surface area contributed by atoms with Crippen molar-refractivity contribution in [2.45, 2.75) is 26.8 Å². The number of carboxylic acids is 1. The first-order chi connectivity index (χ1) is 7.43. The van der Waals surface area contributed by atoms with Crippen molar-refractivity contribution < 1.29 is 19.1 Å². The Hall–Kier alpha value is -1.78. The Morgan fingerprint density at radius 1 is 1.50 bits per heavy atom. The number of furan rings is 1. The molecule has 1 N–H and O–H groups in total. The summed E-state index contributed by atoms with van der Waals surface area (Å²) in [5.74, 6) is -0.840. The number of aliphatic carboxylic acids is 1. The summed E-state index contributed by atoms with van der Waals surface area (Å²) in [5, 5.41) is 8.73. The van der Waals surface area contributed by atoms with E-state index in [4.69, 9.17) is 9.52 Å². The molecule has 0 aliphatic rings. The highest BCUT2D eigenvalue weighted by molar-refractivity contribution is 5.96. The lowest BCUT2D eigenvalue weighted by molar-refractivity contribution is -0.138. The van der Waals surface area contributed by atoms with Crippen LogP contribution in [0.3, 0.4) is 0 Å². The summed E-state index contributed by atoms with van der Waals surface area (Å²) in [6.45, 7) is 4.92. The number of hydrogen-bond donors (Lipinski definition) is 1. The van der Waals surface area contributed by atoms with E-state index in [0.29, 0.717) is 11.3 Å². The van der Waals surface area contributed by atoms with Crippen molar-refractivity contribution in [3.63, 3.8) is 0 Å². The normalized spacial score (nSPS) is 10.5. The molecule has 0 aliphatic heterocycles. The SMILES string of the molecule is Cc1occc1C(=O)N(CC(=O)O)C(C)C. The van der Waals surface area contributed by atoms with Crippen LogP contribution in [-0.2, 0) is 4.79 Å². The molecule has 0 radical (unpaired) electrons. The average Bonchev–Trinajstić information content (AvgIpc) is 2.59. The van der Waals surface area contributed by atoms with E-state index in [1.807, 2.05) is 0 Å². The van der Waals surface area contributed by atoms with Gasteiger partial charge in [-0.3, -0.25) is 9.59 Å². The van der Waals surface area contributed by atoms with Crippen LogP contribution in [0.25, 0.3) is 0 Å². The third-order valence-corrected chi connectivity index (χ3v) is 2.28. The molecule has 0 saturated heterocycles. The molecule has 0 bridgehead atoms. The Kier molecular flexibility index (Phi) is 3.71. The van der Waals surface area contributed by atoms with Crippen LogP contribution < -0.4 is 0 Å². The summed E-state index contributed by atoms with van der Waals surface area (Å²) in [5.41, 5.74) is 0.412. The lowest BCUT2D eigenvalue weighted by Crippen LogP contribution is -2.40. The number of amides is 1. The number of aryl methyl sites for hydroxylation is 1. The first-order valence-electron chi connectivity index (χ1n) is 5.00. The van der Waals surface area contributed by atoms with E-state index in [9.17, 15) is 9.59 Å². The maximum absolute atomic E-state index is 12.0. The Morgan fingerprint density at radius 3 is 2.50 bits per heavy atom. The van der Waals surface area contributed by atoms with Crippen LogP contribution in [0, 0.1) is 6.92 Å². The third kappa shape index (κ3) is 2.62. The largest absolute Gasteiger partial charge is 0.480 e. The molecule has 0 fully saturated rings. The summed E-state index contributed by atoms with van der Waals surface area (Å²) in [6, 6.07) is 1.38. The van der Waals surface area contributed by atoms with Crippen molar-refractivity contribution in [3.8, 4) is 0 Å². The summed E-state index contributed by atoms with van der Waals surface area (Å²) >= 11 is 0. The van der Waals surface area contributed by atoms with Crippen molar-refractivity contribution in [1.82, 2.24) is 4.90 Å². The van der Waals surface area contributed by atoms with Crippen LogP contribution in [0.15, 0.2) is 16.7 Å². The number of nitrogens with zero attached hydrogens (tertiary/aromatic N) is 1. The molecule has 0 atom stereocenters. The Labute approximate surface area is 93.7 Å².